The maximum Gasteiger partial charge on any atom is 0.274 e. The summed E-state index contributed by atoms with van der Waals surface area (Å²) < 4.78 is 32.5. The van der Waals surface area contributed by atoms with Crippen LogP contribution in [0.15, 0.2) is 36.4 Å². The second-order valence-corrected chi connectivity index (χ2v) is 5.03. The number of benzene rings is 1. The number of hydrogen-bond donors (Lipinski definition) is 1. The molecule has 1 aromatic heterocycles. The van der Waals surface area contributed by atoms with Gasteiger partial charge in [0.1, 0.15) is 28.8 Å². The van der Waals surface area contributed by atoms with Gasteiger partial charge in [-0.05, 0) is 24.3 Å². The Morgan fingerprint density at radius 1 is 1.09 bits per heavy atom. The summed E-state index contributed by atoms with van der Waals surface area (Å²) in [5, 5.41) is 2.23. The lowest BCUT2D eigenvalue weighted by molar-refractivity contribution is 0.102. The van der Waals surface area contributed by atoms with Crippen molar-refractivity contribution < 1.29 is 18.3 Å². The van der Waals surface area contributed by atoms with Crippen molar-refractivity contribution in [2.24, 2.45) is 0 Å². The van der Waals surface area contributed by atoms with Crippen LogP contribution < -0.4 is 10.2 Å². The number of para-hydroxylation sites is 1. The molecule has 5 nitrogen and oxygen atoms in total. The number of carbonyl (C=O) groups excluding carboxylic acids is 1. The maximum atomic E-state index is 13.6. The summed E-state index contributed by atoms with van der Waals surface area (Å²) in [6.07, 6.45) is 0. The molecule has 1 N–H and O–H groups in total. The third-order valence-electron chi connectivity index (χ3n) is 3.50. The third-order valence-corrected chi connectivity index (χ3v) is 3.50. The Bertz CT molecular complexity index is 698. The molecule has 1 amide bonds. The van der Waals surface area contributed by atoms with E-state index in [0.717, 1.165) is 12.1 Å². The minimum Gasteiger partial charge on any atom is -0.378 e. The van der Waals surface area contributed by atoms with E-state index in [-0.39, 0.29) is 5.69 Å². The minimum absolute atomic E-state index is 0.0941. The quantitative estimate of drug-likeness (QED) is 0.944. The molecule has 0 bridgehead atoms. The zero-order valence-electron chi connectivity index (χ0n) is 12.3. The number of nitrogens with zero attached hydrogens (tertiary/aromatic N) is 2. The summed E-state index contributed by atoms with van der Waals surface area (Å²) in [5.41, 5.74) is -0.382. The second kappa shape index (κ2) is 6.70. The van der Waals surface area contributed by atoms with E-state index in [2.05, 4.69) is 10.3 Å². The standard InChI is InChI=1S/C16H15F2N3O2/c17-11-3-1-4-12(18)15(11)20-16(22)13-5-2-6-14(19-13)21-7-9-23-10-8-21/h1-6H,7-10H2,(H,20,22). The molecule has 3 rings (SSSR count). The van der Waals surface area contributed by atoms with E-state index in [0.29, 0.717) is 32.1 Å². The molecular formula is C16H15F2N3O2. The van der Waals surface area contributed by atoms with Crippen LogP contribution in [-0.4, -0.2) is 37.2 Å². The number of rotatable bonds is 3. The first-order chi connectivity index (χ1) is 11.1. The lowest BCUT2D eigenvalue weighted by Crippen LogP contribution is -2.37. The second-order valence-electron chi connectivity index (χ2n) is 5.03. The van der Waals surface area contributed by atoms with E-state index in [9.17, 15) is 13.6 Å². The summed E-state index contributed by atoms with van der Waals surface area (Å²) in [7, 11) is 0. The molecule has 0 aliphatic carbocycles. The van der Waals surface area contributed by atoms with Gasteiger partial charge in [0, 0.05) is 13.1 Å². The van der Waals surface area contributed by atoms with Crippen LogP contribution in [0.2, 0.25) is 0 Å². The van der Waals surface area contributed by atoms with Gasteiger partial charge in [0.2, 0.25) is 0 Å². The van der Waals surface area contributed by atoms with E-state index >= 15 is 0 Å². The molecule has 120 valence electrons. The summed E-state index contributed by atoms with van der Waals surface area (Å²) in [5.74, 6) is -1.69. The van der Waals surface area contributed by atoms with Crippen molar-refractivity contribution in [3.63, 3.8) is 0 Å². The molecule has 7 heteroatoms. The van der Waals surface area contributed by atoms with Gasteiger partial charge in [-0.3, -0.25) is 4.79 Å². The Kier molecular flexibility index (Phi) is 4.47. The van der Waals surface area contributed by atoms with Crippen molar-refractivity contribution in [3.05, 3.63) is 53.7 Å². The van der Waals surface area contributed by atoms with E-state index in [1.54, 1.807) is 12.1 Å². The monoisotopic (exact) mass is 319 g/mol. The van der Waals surface area contributed by atoms with Crippen molar-refractivity contribution >= 4 is 17.4 Å². The van der Waals surface area contributed by atoms with Gasteiger partial charge in [-0.15, -0.1) is 0 Å². The van der Waals surface area contributed by atoms with Crippen molar-refractivity contribution in [2.45, 2.75) is 0 Å². The largest absolute Gasteiger partial charge is 0.378 e. The summed E-state index contributed by atoms with van der Waals surface area (Å²) in [6, 6.07) is 8.36. The van der Waals surface area contributed by atoms with E-state index in [1.165, 1.54) is 12.1 Å². The molecule has 2 aromatic rings. The van der Waals surface area contributed by atoms with Crippen molar-refractivity contribution in [1.82, 2.24) is 4.98 Å². The highest BCUT2D eigenvalue weighted by Crippen LogP contribution is 2.19. The third kappa shape index (κ3) is 3.45. The number of hydrogen-bond acceptors (Lipinski definition) is 4. The molecule has 0 saturated carbocycles. The first-order valence-electron chi connectivity index (χ1n) is 7.20. The first-order valence-corrected chi connectivity index (χ1v) is 7.20. The predicted octanol–water partition coefficient (Wildman–Crippen LogP) is 2.45. The highest BCUT2D eigenvalue weighted by Gasteiger charge is 2.17. The molecule has 0 radical (unpaired) electrons. The van der Waals surface area contributed by atoms with Crippen molar-refractivity contribution in [1.29, 1.82) is 0 Å². The smallest absolute Gasteiger partial charge is 0.274 e. The molecule has 0 unspecified atom stereocenters. The molecule has 1 aliphatic rings. The van der Waals surface area contributed by atoms with Gasteiger partial charge >= 0.3 is 0 Å². The number of nitrogens with one attached hydrogen (secondary N) is 1. The van der Waals surface area contributed by atoms with E-state index < -0.39 is 23.2 Å². The average molecular weight is 319 g/mol. The van der Waals surface area contributed by atoms with Crippen LogP contribution in [0.25, 0.3) is 0 Å². The molecular weight excluding hydrogens is 304 g/mol. The van der Waals surface area contributed by atoms with E-state index in [1.807, 2.05) is 4.90 Å². The van der Waals surface area contributed by atoms with Gasteiger partial charge in [-0.25, -0.2) is 13.8 Å². The Morgan fingerprint density at radius 2 is 1.74 bits per heavy atom. The fraction of sp³-hybridized carbons (Fsp3) is 0.250. The maximum absolute atomic E-state index is 13.6. The van der Waals surface area contributed by atoms with Gasteiger partial charge in [0.15, 0.2) is 0 Å². The highest BCUT2D eigenvalue weighted by atomic mass is 19.1. The Hall–Kier alpha value is -2.54. The fourth-order valence-electron chi connectivity index (χ4n) is 2.31. The molecule has 23 heavy (non-hydrogen) atoms. The first kappa shape index (κ1) is 15.4. The average Bonchev–Trinajstić information content (AvgIpc) is 2.59. The van der Waals surface area contributed by atoms with Gasteiger partial charge in [0.25, 0.3) is 5.91 Å². The summed E-state index contributed by atoms with van der Waals surface area (Å²) in [6.45, 7) is 2.55. The highest BCUT2D eigenvalue weighted by molar-refractivity contribution is 6.03. The summed E-state index contributed by atoms with van der Waals surface area (Å²) >= 11 is 0. The topological polar surface area (TPSA) is 54.5 Å². The number of anilines is 2. The van der Waals surface area contributed by atoms with Crippen molar-refractivity contribution in [3.8, 4) is 0 Å². The number of halogens is 2. The number of ether oxygens (including phenoxy) is 1. The van der Waals surface area contributed by atoms with Gasteiger partial charge in [-0.2, -0.15) is 0 Å². The lowest BCUT2D eigenvalue weighted by atomic mass is 10.2. The van der Waals surface area contributed by atoms with E-state index in [4.69, 9.17) is 4.74 Å². The fourth-order valence-corrected chi connectivity index (χ4v) is 2.31. The van der Waals surface area contributed by atoms with Crippen LogP contribution in [0.1, 0.15) is 10.5 Å². The van der Waals surface area contributed by atoms with Crippen LogP contribution in [0.4, 0.5) is 20.3 Å². The molecule has 0 spiro atoms. The number of carbonyl (C=O) groups is 1. The zero-order valence-corrected chi connectivity index (χ0v) is 12.3. The van der Waals surface area contributed by atoms with Gasteiger partial charge in [0.05, 0.1) is 13.2 Å². The SMILES string of the molecule is O=C(Nc1c(F)cccc1F)c1cccc(N2CCOCC2)n1. The van der Waals surface area contributed by atoms with Crippen LogP contribution in [-0.2, 0) is 4.74 Å². The predicted molar refractivity (Wildman–Crippen MR) is 81.6 cm³/mol. The molecule has 1 aliphatic heterocycles. The lowest BCUT2D eigenvalue weighted by Gasteiger charge is -2.27. The number of pyridine rings is 1. The van der Waals surface area contributed by atoms with Crippen LogP contribution >= 0.6 is 0 Å². The Morgan fingerprint density at radius 3 is 2.43 bits per heavy atom. The van der Waals surface area contributed by atoms with Crippen LogP contribution in [0, 0.1) is 11.6 Å². The van der Waals surface area contributed by atoms with Crippen LogP contribution in [0.5, 0.6) is 0 Å². The zero-order chi connectivity index (χ0) is 16.2. The number of aromatic nitrogens is 1. The summed E-state index contributed by atoms with van der Waals surface area (Å²) in [4.78, 5) is 18.5. The Labute approximate surface area is 131 Å². The molecule has 1 saturated heterocycles. The molecule has 1 aromatic carbocycles. The van der Waals surface area contributed by atoms with Crippen molar-refractivity contribution in [2.75, 3.05) is 36.5 Å². The number of morpholine rings is 1. The Balaban J connectivity index is 1.80. The van der Waals surface area contributed by atoms with Gasteiger partial charge < -0.3 is 15.0 Å². The minimum atomic E-state index is -0.831. The molecule has 1 fully saturated rings. The normalized spacial score (nSPS) is 14.6. The molecule has 2 heterocycles. The van der Waals surface area contributed by atoms with Gasteiger partial charge in [-0.1, -0.05) is 12.1 Å². The van der Waals surface area contributed by atoms with Crippen LogP contribution in [0.3, 0.4) is 0 Å². The number of amides is 1. The molecule has 0 atom stereocenters.